The van der Waals surface area contributed by atoms with E-state index in [1.807, 2.05) is 45.0 Å². The summed E-state index contributed by atoms with van der Waals surface area (Å²) in [6.07, 6.45) is -1.66. The summed E-state index contributed by atoms with van der Waals surface area (Å²) in [4.78, 5) is 15.3. The third-order valence-electron chi connectivity index (χ3n) is 7.60. The van der Waals surface area contributed by atoms with Crippen molar-refractivity contribution in [3.63, 3.8) is 0 Å². The van der Waals surface area contributed by atoms with Crippen LogP contribution in [-0.4, -0.2) is 15.6 Å². The zero-order chi connectivity index (χ0) is 28.9. The van der Waals surface area contributed by atoms with Gasteiger partial charge in [0.15, 0.2) is 11.5 Å². The van der Waals surface area contributed by atoms with E-state index in [9.17, 15) is 23.2 Å². The molecule has 40 heavy (non-hydrogen) atoms. The van der Waals surface area contributed by atoms with E-state index >= 15 is 0 Å². The number of aromatic nitrogens is 2. The fourth-order valence-electron chi connectivity index (χ4n) is 5.62. The molecule has 2 heterocycles. The van der Waals surface area contributed by atoms with Crippen LogP contribution >= 0.6 is 11.6 Å². The largest absolute Gasteiger partial charge is 0.435 e. The van der Waals surface area contributed by atoms with Crippen LogP contribution in [0.1, 0.15) is 58.7 Å². The Kier molecular flexibility index (Phi) is 7.01. The molecule has 0 amide bonds. The van der Waals surface area contributed by atoms with Gasteiger partial charge in [0.05, 0.1) is 24.1 Å². The molecule has 1 aliphatic carbocycles. The molecule has 1 aromatic heterocycles. The summed E-state index contributed by atoms with van der Waals surface area (Å²) >= 11 is 6.43. The molecule has 3 aromatic rings. The van der Waals surface area contributed by atoms with Gasteiger partial charge in [0, 0.05) is 34.6 Å². The molecule has 0 radical (unpaired) electrons. The maximum Gasteiger partial charge on any atom is 0.435 e. The number of carbonyl (C=O) groups excluding carboxylic acids is 1. The quantitative estimate of drug-likeness (QED) is 0.374. The first kappa shape index (κ1) is 27.5. The average Bonchev–Trinajstić information content (AvgIpc) is 3.37. The molecule has 0 saturated carbocycles. The van der Waals surface area contributed by atoms with Crippen LogP contribution in [0.4, 0.5) is 18.9 Å². The number of hydrogen-bond donors (Lipinski definition) is 1. The molecule has 10 heteroatoms. The van der Waals surface area contributed by atoms with Gasteiger partial charge in [-0.05, 0) is 74.1 Å². The lowest BCUT2D eigenvalue weighted by atomic mass is 9.73. The van der Waals surface area contributed by atoms with E-state index in [0.29, 0.717) is 35.5 Å². The van der Waals surface area contributed by atoms with Crippen molar-refractivity contribution in [1.82, 2.24) is 9.78 Å². The molecule has 5 rings (SSSR count). The molecule has 0 saturated heterocycles. The van der Waals surface area contributed by atoms with Crippen molar-refractivity contribution in [2.24, 2.45) is 5.73 Å². The zero-order valence-electron chi connectivity index (χ0n) is 22.2. The number of ketones is 1. The number of nitrogens with two attached hydrogens (primary N) is 1. The predicted octanol–water partition coefficient (Wildman–Crippen LogP) is 6.83. The van der Waals surface area contributed by atoms with Crippen molar-refractivity contribution in [1.29, 1.82) is 5.26 Å². The molecule has 2 aliphatic rings. The highest BCUT2D eigenvalue weighted by Gasteiger charge is 2.41. The van der Waals surface area contributed by atoms with Gasteiger partial charge in [-0.3, -0.25) is 14.4 Å². The molecular weight excluding hydrogens is 539 g/mol. The minimum atomic E-state index is -4.54. The van der Waals surface area contributed by atoms with Crippen molar-refractivity contribution < 1.29 is 18.0 Å². The van der Waals surface area contributed by atoms with Gasteiger partial charge in [-0.25, -0.2) is 0 Å². The Balaban J connectivity index is 1.66. The lowest BCUT2D eigenvalue weighted by molar-refractivity contribution is -0.141. The average molecular weight is 566 g/mol. The summed E-state index contributed by atoms with van der Waals surface area (Å²) in [6.45, 7) is 5.71. The fourth-order valence-corrected chi connectivity index (χ4v) is 5.79. The van der Waals surface area contributed by atoms with Gasteiger partial charge in [0.1, 0.15) is 5.82 Å². The lowest BCUT2D eigenvalue weighted by Crippen LogP contribution is -2.39. The molecule has 0 unspecified atom stereocenters. The van der Waals surface area contributed by atoms with Crippen LogP contribution in [0.3, 0.4) is 0 Å². The number of carbonyl (C=O) groups is 1. The number of aryl methyl sites for hydroxylation is 2. The number of rotatable bonds is 4. The normalized spacial score (nSPS) is 17.8. The minimum absolute atomic E-state index is 0.0564. The summed E-state index contributed by atoms with van der Waals surface area (Å²) < 4.78 is 40.6. The van der Waals surface area contributed by atoms with Gasteiger partial charge in [-0.2, -0.15) is 23.5 Å². The summed E-state index contributed by atoms with van der Waals surface area (Å²) in [6, 6.07) is 12.5. The molecule has 1 atom stereocenters. The summed E-state index contributed by atoms with van der Waals surface area (Å²) in [7, 11) is 0. The molecular formula is C30H27ClF3N5O. The molecule has 2 aromatic carbocycles. The highest BCUT2D eigenvalue weighted by Crippen LogP contribution is 2.47. The molecule has 0 fully saturated rings. The molecule has 6 nitrogen and oxygen atoms in total. The Morgan fingerprint density at radius 2 is 1.90 bits per heavy atom. The second-order valence-corrected chi connectivity index (χ2v) is 10.7. The first-order valence-electron chi connectivity index (χ1n) is 12.8. The SMILES string of the molecule is Cc1cc(Cn2ccc(C(F)(F)F)n2)c(C)c([C@H]2C(C#N)=C(N)N(c3ccc(C)c(Cl)c3)C3=C2C(=O)CCC3)c1. The second-order valence-electron chi connectivity index (χ2n) is 10.3. The maximum absolute atomic E-state index is 13.5. The van der Waals surface area contributed by atoms with Crippen LogP contribution in [0.15, 0.2) is 65.3 Å². The maximum atomic E-state index is 13.5. The Bertz CT molecular complexity index is 1640. The highest BCUT2D eigenvalue weighted by molar-refractivity contribution is 6.31. The zero-order valence-corrected chi connectivity index (χ0v) is 23.0. The predicted molar refractivity (Wildman–Crippen MR) is 146 cm³/mol. The van der Waals surface area contributed by atoms with Gasteiger partial charge in [-0.15, -0.1) is 0 Å². The third-order valence-corrected chi connectivity index (χ3v) is 8.01. The topological polar surface area (TPSA) is 87.9 Å². The third kappa shape index (κ3) is 4.77. The second kappa shape index (κ2) is 10.2. The number of benzene rings is 2. The van der Waals surface area contributed by atoms with E-state index in [1.54, 1.807) is 11.0 Å². The van der Waals surface area contributed by atoms with Crippen molar-refractivity contribution in [3.05, 3.63) is 104 Å². The van der Waals surface area contributed by atoms with Crippen LogP contribution < -0.4 is 10.6 Å². The number of halogens is 4. The number of hydrogen-bond acceptors (Lipinski definition) is 5. The number of nitrogens with zero attached hydrogens (tertiary/aromatic N) is 4. The van der Waals surface area contributed by atoms with E-state index in [2.05, 4.69) is 11.2 Å². The van der Waals surface area contributed by atoms with Crippen LogP contribution in [0.5, 0.6) is 0 Å². The number of Topliss-reactive ketones (excluding diaryl/α,β-unsaturated/α-hetero) is 1. The van der Waals surface area contributed by atoms with E-state index in [4.69, 9.17) is 17.3 Å². The first-order chi connectivity index (χ1) is 18.9. The Morgan fingerprint density at radius 1 is 1.15 bits per heavy atom. The van der Waals surface area contributed by atoms with E-state index < -0.39 is 17.8 Å². The Labute approximate surface area is 235 Å². The van der Waals surface area contributed by atoms with E-state index in [0.717, 1.165) is 39.6 Å². The Hall–Kier alpha value is -4.03. The standard InChI is InChI=1S/C30H27ClF3N5O/c1-16-11-19(15-38-10-9-26(37-38)30(32,33)34)18(3)21(12-16)27-22(14-35)29(36)39(20-8-7-17(2)23(31)13-20)24-5-4-6-25(40)28(24)27/h7-13,27H,4-6,15,36H2,1-3H3/t27-/m0/s1. The van der Waals surface area contributed by atoms with Crippen molar-refractivity contribution in [2.75, 3.05) is 4.90 Å². The summed E-state index contributed by atoms with van der Waals surface area (Å²) in [5.74, 6) is -0.531. The van der Waals surface area contributed by atoms with E-state index in [-0.39, 0.29) is 23.7 Å². The number of allylic oxidation sites excluding steroid dienone is 3. The lowest BCUT2D eigenvalue weighted by Gasteiger charge is -2.40. The number of anilines is 1. The highest BCUT2D eigenvalue weighted by atomic mass is 35.5. The fraction of sp³-hybridized carbons (Fsp3) is 0.300. The van der Waals surface area contributed by atoms with E-state index in [1.165, 1.54) is 10.9 Å². The summed E-state index contributed by atoms with van der Waals surface area (Å²) in [5.41, 5.74) is 11.9. The van der Waals surface area contributed by atoms with Gasteiger partial charge >= 0.3 is 6.18 Å². The molecule has 0 bridgehead atoms. The smallest absolute Gasteiger partial charge is 0.384 e. The number of nitriles is 1. The Morgan fingerprint density at radius 3 is 2.55 bits per heavy atom. The molecule has 1 aliphatic heterocycles. The minimum Gasteiger partial charge on any atom is -0.384 e. The molecule has 2 N–H and O–H groups in total. The number of alkyl halides is 3. The van der Waals surface area contributed by atoms with Crippen LogP contribution in [0.25, 0.3) is 0 Å². The first-order valence-corrected chi connectivity index (χ1v) is 13.2. The van der Waals surface area contributed by atoms with Crippen molar-refractivity contribution >= 4 is 23.1 Å². The van der Waals surface area contributed by atoms with Crippen molar-refractivity contribution in [2.45, 2.75) is 58.7 Å². The molecule has 206 valence electrons. The van der Waals surface area contributed by atoms with Crippen LogP contribution in [0, 0.1) is 32.1 Å². The van der Waals surface area contributed by atoms with Crippen LogP contribution in [0.2, 0.25) is 5.02 Å². The van der Waals surface area contributed by atoms with Gasteiger partial charge < -0.3 is 5.73 Å². The van der Waals surface area contributed by atoms with Crippen LogP contribution in [-0.2, 0) is 17.5 Å². The summed E-state index contributed by atoms with van der Waals surface area (Å²) in [5, 5.41) is 14.6. The monoisotopic (exact) mass is 565 g/mol. The van der Waals surface area contributed by atoms with Crippen molar-refractivity contribution in [3.8, 4) is 6.07 Å². The van der Waals surface area contributed by atoms with Gasteiger partial charge in [0.2, 0.25) is 0 Å². The van der Waals surface area contributed by atoms with Gasteiger partial charge in [-0.1, -0.05) is 35.4 Å². The van der Waals surface area contributed by atoms with Gasteiger partial charge in [0.25, 0.3) is 0 Å². The molecule has 0 spiro atoms.